The number of nitrogens with two attached hydrogens (primary N) is 1. The fraction of sp³-hybridized carbons (Fsp3) is 0.333. The molecule has 0 bridgehead atoms. The molecule has 5 heteroatoms. The van der Waals surface area contributed by atoms with Gasteiger partial charge in [0.2, 0.25) is 0 Å². The third-order valence-corrected chi connectivity index (χ3v) is 2.25. The van der Waals surface area contributed by atoms with Gasteiger partial charge in [-0.3, -0.25) is 10.1 Å². The second kappa shape index (κ2) is 5.34. The number of rotatable bonds is 3. The summed E-state index contributed by atoms with van der Waals surface area (Å²) in [7, 11) is 0. The minimum Gasteiger partial charge on any atom is -0.481 e. The minimum atomic E-state index is -0.883. The van der Waals surface area contributed by atoms with Crippen LogP contribution in [-0.4, -0.2) is 18.0 Å². The average molecular weight is 236 g/mol. The molecule has 92 valence electrons. The Labute approximate surface area is 99.9 Å². The van der Waals surface area contributed by atoms with Crippen LogP contribution in [0.3, 0.4) is 0 Å². The predicted molar refractivity (Wildman–Crippen MR) is 63.7 cm³/mol. The van der Waals surface area contributed by atoms with E-state index in [4.69, 9.17) is 10.5 Å². The maximum atomic E-state index is 11.4. The number of ether oxygens (including phenoxy) is 1. The Morgan fingerprint density at radius 2 is 2.00 bits per heavy atom. The van der Waals surface area contributed by atoms with Gasteiger partial charge in [0.15, 0.2) is 6.10 Å². The second-order valence-corrected chi connectivity index (χ2v) is 3.88. The van der Waals surface area contributed by atoms with Crippen molar-refractivity contribution >= 4 is 11.9 Å². The number of nitrogens with one attached hydrogen (secondary N) is 1. The Bertz CT molecular complexity index is 443. The molecule has 0 spiro atoms. The summed E-state index contributed by atoms with van der Waals surface area (Å²) in [6, 6.07) is 4.75. The van der Waals surface area contributed by atoms with Crippen molar-refractivity contribution in [2.75, 3.05) is 0 Å². The molecular formula is C12H16N2O3. The smallest absolute Gasteiger partial charge is 0.318 e. The van der Waals surface area contributed by atoms with E-state index in [-0.39, 0.29) is 0 Å². The van der Waals surface area contributed by atoms with Gasteiger partial charge in [0.05, 0.1) is 0 Å². The number of benzene rings is 1. The summed E-state index contributed by atoms with van der Waals surface area (Å²) in [5.74, 6) is 0.0557. The number of aryl methyl sites for hydroxylation is 2. The SMILES string of the molecule is Cc1ccc(O[C@@H](C)C(=O)NC(N)=O)c(C)c1. The summed E-state index contributed by atoms with van der Waals surface area (Å²) in [4.78, 5) is 21.9. The summed E-state index contributed by atoms with van der Waals surface area (Å²) in [6.07, 6.45) is -0.774. The van der Waals surface area contributed by atoms with Crippen LogP contribution in [0.4, 0.5) is 4.79 Å². The largest absolute Gasteiger partial charge is 0.481 e. The van der Waals surface area contributed by atoms with E-state index in [2.05, 4.69) is 0 Å². The van der Waals surface area contributed by atoms with Gasteiger partial charge in [-0.05, 0) is 32.4 Å². The van der Waals surface area contributed by atoms with Crippen molar-refractivity contribution in [1.29, 1.82) is 0 Å². The summed E-state index contributed by atoms with van der Waals surface area (Å²) in [6.45, 7) is 5.42. The van der Waals surface area contributed by atoms with E-state index in [1.54, 1.807) is 13.0 Å². The molecule has 0 aliphatic heterocycles. The highest BCUT2D eigenvalue weighted by Crippen LogP contribution is 2.19. The predicted octanol–water partition coefficient (Wildman–Crippen LogP) is 1.27. The minimum absolute atomic E-state index is 0.558. The molecule has 0 aromatic heterocycles. The lowest BCUT2D eigenvalue weighted by molar-refractivity contribution is -0.126. The van der Waals surface area contributed by atoms with Gasteiger partial charge in [0, 0.05) is 0 Å². The van der Waals surface area contributed by atoms with Crippen LogP contribution in [0.2, 0.25) is 0 Å². The normalized spacial score (nSPS) is 11.7. The van der Waals surface area contributed by atoms with Crippen molar-refractivity contribution in [1.82, 2.24) is 5.32 Å². The summed E-state index contributed by atoms with van der Waals surface area (Å²) >= 11 is 0. The molecule has 1 aromatic carbocycles. The monoisotopic (exact) mass is 236 g/mol. The summed E-state index contributed by atoms with van der Waals surface area (Å²) in [5, 5.41) is 1.97. The lowest BCUT2D eigenvalue weighted by Crippen LogP contribution is -2.42. The van der Waals surface area contributed by atoms with E-state index in [9.17, 15) is 9.59 Å². The summed E-state index contributed by atoms with van der Waals surface area (Å²) in [5.41, 5.74) is 6.90. The molecule has 0 saturated carbocycles. The van der Waals surface area contributed by atoms with Crippen molar-refractivity contribution in [3.63, 3.8) is 0 Å². The van der Waals surface area contributed by atoms with Gasteiger partial charge in [-0.25, -0.2) is 4.79 Å². The van der Waals surface area contributed by atoms with Crippen LogP contribution < -0.4 is 15.8 Å². The van der Waals surface area contributed by atoms with Crippen molar-refractivity contribution in [2.24, 2.45) is 5.73 Å². The van der Waals surface area contributed by atoms with Crippen LogP contribution >= 0.6 is 0 Å². The number of hydrogen-bond donors (Lipinski definition) is 2. The zero-order valence-electron chi connectivity index (χ0n) is 10.1. The first-order valence-electron chi connectivity index (χ1n) is 5.24. The molecule has 1 aromatic rings. The molecule has 0 heterocycles. The molecule has 1 atom stereocenters. The van der Waals surface area contributed by atoms with E-state index >= 15 is 0 Å². The number of primary amides is 1. The number of urea groups is 1. The molecule has 17 heavy (non-hydrogen) atoms. The first-order valence-corrected chi connectivity index (χ1v) is 5.24. The molecule has 5 nitrogen and oxygen atoms in total. The van der Waals surface area contributed by atoms with Gasteiger partial charge < -0.3 is 10.5 Å². The molecule has 0 radical (unpaired) electrons. The van der Waals surface area contributed by atoms with E-state index in [1.807, 2.05) is 31.3 Å². The van der Waals surface area contributed by atoms with E-state index in [0.717, 1.165) is 11.1 Å². The standard InChI is InChI=1S/C12H16N2O3/c1-7-4-5-10(8(2)6-7)17-9(3)11(15)14-12(13)16/h4-6,9H,1-3H3,(H3,13,14,15,16)/t9-/m0/s1. The lowest BCUT2D eigenvalue weighted by Gasteiger charge is -2.15. The highest BCUT2D eigenvalue weighted by Gasteiger charge is 2.16. The van der Waals surface area contributed by atoms with E-state index in [1.165, 1.54) is 0 Å². The molecule has 0 aliphatic carbocycles. The maximum absolute atomic E-state index is 11.4. The van der Waals surface area contributed by atoms with E-state index in [0.29, 0.717) is 5.75 Å². The molecule has 1 rings (SSSR count). The van der Waals surface area contributed by atoms with Crippen molar-refractivity contribution in [3.05, 3.63) is 29.3 Å². The van der Waals surface area contributed by atoms with Crippen molar-refractivity contribution < 1.29 is 14.3 Å². The number of imide groups is 1. The first kappa shape index (κ1) is 13.0. The van der Waals surface area contributed by atoms with Crippen LogP contribution in [0.15, 0.2) is 18.2 Å². The van der Waals surface area contributed by atoms with Gasteiger partial charge in [0.25, 0.3) is 5.91 Å². The molecule has 3 amide bonds. The molecular weight excluding hydrogens is 220 g/mol. The Hall–Kier alpha value is -2.04. The maximum Gasteiger partial charge on any atom is 0.318 e. The molecule has 0 fully saturated rings. The van der Waals surface area contributed by atoms with Crippen LogP contribution in [-0.2, 0) is 4.79 Å². The lowest BCUT2D eigenvalue weighted by atomic mass is 10.1. The highest BCUT2D eigenvalue weighted by atomic mass is 16.5. The van der Waals surface area contributed by atoms with Crippen LogP contribution in [0, 0.1) is 13.8 Å². The van der Waals surface area contributed by atoms with Gasteiger partial charge >= 0.3 is 6.03 Å². The highest BCUT2D eigenvalue weighted by molar-refractivity contribution is 5.95. The zero-order valence-corrected chi connectivity index (χ0v) is 10.1. The first-order chi connectivity index (χ1) is 7.90. The number of carbonyl (C=O) groups is 2. The van der Waals surface area contributed by atoms with Gasteiger partial charge in [-0.15, -0.1) is 0 Å². The van der Waals surface area contributed by atoms with Crippen molar-refractivity contribution in [2.45, 2.75) is 26.9 Å². The van der Waals surface area contributed by atoms with Gasteiger partial charge in [0.1, 0.15) is 5.75 Å². The Kier molecular flexibility index (Phi) is 4.09. The average Bonchev–Trinajstić information content (AvgIpc) is 2.21. The topological polar surface area (TPSA) is 81.4 Å². The van der Waals surface area contributed by atoms with Gasteiger partial charge in [-0.1, -0.05) is 17.7 Å². The zero-order chi connectivity index (χ0) is 13.0. The second-order valence-electron chi connectivity index (χ2n) is 3.88. The fourth-order valence-electron chi connectivity index (χ4n) is 1.40. The molecule has 0 saturated heterocycles. The van der Waals surface area contributed by atoms with Crippen molar-refractivity contribution in [3.8, 4) is 5.75 Å². The van der Waals surface area contributed by atoms with Gasteiger partial charge in [-0.2, -0.15) is 0 Å². The van der Waals surface area contributed by atoms with Crippen LogP contribution in [0.5, 0.6) is 5.75 Å². The molecule has 0 aliphatic rings. The number of carbonyl (C=O) groups excluding carboxylic acids is 2. The third kappa shape index (κ3) is 3.79. The number of hydrogen-bond acceptors (Lipinski definition) is 3. The third-order valence-electron chi connectivity index (χ3n) is 2.25. The van der Waals surface area contributed by atoms with E-state index < -0.39 is 18.0 Å². The molecule has 0 unspecified atom stereocenters. The fourth-order valence-corrected chi connectivity index (χ4v) is 1.40. The quantitative estimate of drug-likeness (QED) is 0.829. The number of amides is 3. The Balaban J connectivity index is 2.70. The van der Waals surface area contributed by atoms with Crippen LogP contribution in [0.25, 0.3) is 0 Å². The summed E-state index contributed by atoms with van der Waals surface area (Å²) < 4.78 is 5.44. The molecule has 3 N–H and O–H groups in total. The van der Waals surface area contributed by atoms with Crippen LogP contribution in [0.1, 0.15) is 18.1 Å². The Morgan fingerprint density at radius 3 is 2.53 bits per heavy atom. The Morgan fingerprint density at radius 1 is 1.35 bits per heavy atom.